The molecule has 1 aliphatic rings. The van der Waals surface area contributed by atoms with Crippen LogP contribution in [0.2, 0.25) is 0 Å². The molecule has 0 bridgehead atoms. The van der Waals surface area contributed by atoms with Crippen molar-refractivity contribution in [2.24, 2.45) is 0 Å². The number of aromatic nitrogens is 2. The van der Waals surface area contributed by atoms with Crippen LogP contribution in [0.3, 0.4) is 0 Å². The smallest absolute Gasteiger partial charge is 0.270 e. The highest BCUT2D eigenvalue weighted by atomic mass is 32.2. The van der Waals surface area contributed by atoms with Crippen LogP contribution in [0.4, 0.5) is 5.13 Å². The normalized spacial score (nSPS) is 15.4. The molecule has 1 aromatic heterocycles. The van der Waals surface area contributed by atoms with Gasteiger partial charge in [-0.1, -0.05) is 65.1 Å². The number of fused-ring (bicyclic) bond motifs is 1. The van der Waals surface area contributed by atoms with Crippen LogP contribution in [-0.4, -0.2) is 28.8 Å². The summed E-state index contributed by atoms with van der Waals surface area (Å²) in [6.07, 6.45) is -0.715. The van der Waals surface area contributed by atoms with Crippen molar-refractivity contribution in [1.82, 2.24) is 10.2 Å². The molecule has 0 aliphatic carbocycles. The second-order valence-corrected chi connectivity index (χ2v) is 8.20. The van der Waals surface area contributed by atoms with Gasteiger partial charge < -0.3 is 9.47 Å². The molecule has 3 aromatic rings. The van der Waals surface area contributed by atoms with Gasteiger partial charge in [0.05, 0.1) is 0 Å². The molecule has 0 unspecified atom stereocenters. The third kappa shape index (κ3) is 4.40. The third-order valence-corrected chi connectivity index (χ3v) is 5.96. The van der Waals surface area contributed by atoms with Crippen molar-refractivity contribution in [1.29, 1.82) is 0 Å². The number of amides is 1. The Bertz CT molecular complexity index is 943. The maximum atomic E-state index is 12.4. The molecule has 0 fully saturated rings. The molecule has 2 heterocycles. The second kappa shape index (κ2) is 7.98. The van der Waals surface area contributed by atoms with Crippen LogP contribution in [0.1, 0.15) is 11.1 Å². The van der Waals surface area contributed by atoms with Crippen LogP contribution in [0.15, 0.2) is 52.9 Å². The van der Waals surface area contributed by atoms with Crippen LogP contribution in [0, 0.1) is 6.92 Å². The maximum absolute atomic E-state index is 12.4. The van der Waals surface area contributed by atoms with E-state index < -0.39 is 6.10 Å². The van der Waals surface area contributed by atoms with Crippen molar-refractivity contribution in [2.75, 3.05) is 11.9 Å². The zero-order valence-electron chi connectivity index (χ0n) is 14.5. The number of benzene rings is 2. The second-order valence-electron chi connectivity index (χ2n) is 6.00. The number of nitrogens with one attached hydrogen (secondary N) is 1. The fraction of sp³-hybridized carbons (Fsp3) is 0.211. The number of carbonyl (C=O) groups is 1. The summed E-state index contributed by atoms with van der Waals surface area (Å²) in [5.41, 5.74) is 2.46. The summed E-state index contributed by atoms with van der Waals surface area (Å²) in [5.74, 6) is 1.72. The van der Waals surface area contributed by atoms with Gasteiger partial charge in [-0.05, 0) is 24.6 Å². The summed E-state index contributed by atoms with van der Waals surface area (Å²) in [7, 11) is 0. The number of para-hydroxylation sites is 2. The van der Waals surface area contributed by atoms with Gasteiger partial charge in [0.1, 0.15) is 6.61 Å². The molecular formula is C19H17N3O3S2. The molecule has 0 spiro atoms. The van der Waals surface area contributed by atoms with E-state index in [4.69, 9.17) is 9.47 Å². The summed E-state index contributed by atoms with van der Waals surface area (Å²) >= 11 is 2.94. The first-order valence-electron chi connectivity index (χ1n) is 8.38. The summed E-state index contributed by atoms with van der Waals surface area (Å²) in [6.45, 7) is 2.23. The van der Waals surface area contributed by atoms with Crippen molar-refractivity contribution in [3.8, 4) is 11.5 Å². The lowest BCUT2D eigenvalue weighted by molar-refractivity contribution is -0.125. The highest BCUT2D eigenvalue weighted by Crippen LogP contribution is 2.32. The number of nitrogens with zero attached hydrogens (tertiary/aromatic N) is 2. The Balaban J connectivity index is 1.32. The summed E-state index contributed by atoms with van der Waals surface area (Å²) in [5, 5.41) is 11.4. The van der Waals surface area contributed by atoms with Crippen molar-refractivity contribution < 1.29 is 14.3 Å². The zero-order chi connectivity index (χ0) is 18.6. The Morgan fingerprint density at radius 3 is 2.78 bits per heavy atom. The van der Waals surface area contributed by atoms with Gasteiger partial charge in [0.2, 0.25) is 11.2 Å². The molecule has 0 saturated heterocycles. The van der Waals surface area contributed by atoms with Crippen LogP contribution >= 0.6 is 23.1 Å². The lowest BCUT2D eigenvalue weighted by atomic mass is 10.2. The maximum Gasteiger partial charge on any atom is 0.270 e. The topological polar surface area (TPSA) is 73.3 Å². The Morgan fingerprint density at radius 2 is 1.96 bits per heavy atom. The van der Waals surface area contributed by atoms with E-state index in [1.54, 1.807) is 17.8 Å². The minimum Gasteiger partial charge on any atom is -0.485 e. The van der Waals surface area contributed by atoms with Crippen molar-refractivity contribution in [3.63, 3.8) is 0 Å². The van der Waals surface area contributed by atoms with E-state index >= 15 is 0 Å². The lowest BCUT2D eigenvalue weighted by Gasteiger charge is -2.25. The predicted molar refractivity (Wildman–Crippen MR) is 106 cm³/mol. The van der Waals surface area contributed by atoms with Crippen molar-refractivity contribution >= 4 is 34.1 Å². The molecule has 138 valence electrons. The molecule has 1 amide bonds. The van der Waals surface area contributed by atoms with Crippen LogP contribution < -0.4 is 14.8 Å². The minimum atomic E-state index is -0.715. The number of aryl methyl sites for hydroxylation is 1. The first-order chi connectivity index (χ1) is 13.2. The molecule has 1 N–H and O–H groups in total. The predicted octanol–water partition coefficient (Wildman–Crippen LogP) is 3.92. The van der Waals surface area contributed by atoms with Gasteiger partial charge in [0.25, 0.3) is 5.91 Å². The van der Waals surface area contributed by atoms with E-state index in [0.717, 1.165) is 10.1 Å². The first-order valence-corrected chi connectivity index (χ1v) is 10.2. The highest BCUT2D eigenvalue weighted by molar-refractivity contribution is 8.00. The molecule has 27 heavy (non-hydrogen) atoms. The number of anilines is 1. The molecule has 0 radical (unpaired) electrons. The number of thioether (sulfide) groups is 1. The number of hydrogen-bond acceptors (Lipinski definition) is 7. The number of ether oxygens (including phenoxy) is 2. The number of rotatable bonds is 5. The van der Waals surface area contributed by atoms with E-state index in [0.29, 0.717) is 16.6 Å². The Labute approximate surface area is 164 Å². The molecule has 8 heteroatoms. The van der Waals surface area contributed by atoms with Crippen molar-refractivity contribution in [3.05, 3.63) is 59.7 Å². The summed E-state index contributed by atoms with van der Waals surface area (Å²) < 4.78 is 12.1. The van der Waals surface area contributed by atoms with E-state index in [9.17, 15) is 4.79 Å². The van der Waals surface area contributed by atoms with Gasteiger partial charge in [-0.2, -0.15) is 0 Å². The van der Waals surface area contributed by atoms with Gasteiger partial charge in [-0.3, -0.25) is 10.1 Å². The van der Waals surface area contributed by atoms with Gasteiger partial charge in [-0.25, -0.2) is 0 Å². The minimum absolute atomic E-state index is 0.163. The van der Waals surface area contributed by atoms with E-state index in [1.807, 2.05) is 18.2 Å². The van der Waals surface area contributed by atoms with E-state index in [2.05, 4.69) is 46.7 Å². The molecule has 0 saturated carbocycles. The Morgan fingerprint density at radius 1 is 1.19 bits per heavy atom. The van der Waals surface area contributed by atoms with Crippen LogP contribution in [-0.2, 0) is 10.5 Å². The fourth-order valence-corrected chi connectivity index (χ4v) is 4.19. The SMILES string of the molecule is Cc1ccc(CSc2nnc(NC(=O)[C@H]3COc4ccccc4O3)s2)cc1. The molecule has 1 aliphatic heterocycles. The molecule has 4 rings (SSSR count). The fourth-order valence-electron chi connectivity index (χ4n) is 2.48. The van der Waals surface area contributed by atoms with Gasteiger partial charge in [0.15, 0.2) is 15.8 Å². The average Bonchev–Trinajstić information content (AvgIpc) is 3.14. The largest absolute Gasteiger partial charge is 0.485 e. The van der Waals surface area contributed by atoms with Crippen molar-refractivity contribution in [2.45, 2.75) is 23.1 Å². The first kappa shape index (κ1) is 17.8. The van der Waals surface area contributed by atoms with Gasteiger partial charge in [0, 0.05) is 5.75 Å². The quantitative estimate of drug-likeness (QED) is 0.518. The van der Waals surface area contributed by atoms with E-state index in [-0.39, 0.29) is 12.5 Å². The standard InChI is InChI=1S/C19H17N3O3S2/c1-12-6-8-13(9-7-12)11-26-19-22-21-18(27-19)20-17(23)16-10-24-14-4-2-3-5-15(14)25-16/h2-9,16H,10-11H2,1H3,(H,20,21,23)/t16-/m1/s1. The number of carbonyl (C=O) groups excluding carboxylic acids is 1. The average molecular weight is 399 g/mol. The Hall–Kier alpha value is -2.58. The monoisotopic (exact) mass is 399 g/mol. The van der Waals surface area contributed by atoms with Gasteiger partial charge in [-0.15, -0.1) is 10.2 Å². The van der Waals surface area contributed by atoms with Crippen LogP contribution in [0.25, 0.3) is 0 Å². The third-order valence-electron chi connectivity index (χ3n) is 3.92. The number of hydrogen-bond donors (Lipinski definition) is 1. The molecule has 1 atom stereocenters. The highest BCUT2D eigenvalue weighted by Gasteiger charge is 2.28. The molecular weight excluding hydrogens is 382 g/mol. The lowest BCUT2D eigenvalue weighted by Crippen LogP contribution is -2.40. The van der Waals surface area contributed by atoms with E-state index in [1.165, 1.54) is 22.5 Å². The van der Waals surface area contributed by atoms with Gasteiger partial charge >= 0.3 is 0 Å². The molecule has 2 aromatic carbocycles. The molecule has 6 nitrogen and oxygen atoms in total. The van der Waals surface area contributed by atoms with Crippen LogP contribution in [0.5, 0.6) is 11.5 Å². The summed E-state index contributed by atoms with van der Waals surface area (Å²) in [4.78, 5) is 12.4. The Kier molecular flexibility index (Phi) is 5.26. The zero-order valence-corrected chi connectivity index (χ0v) is 16.2. The summed E-state index contributed by atoms with van der Waals surface area (Å²) in [6, 6.07) is 15.7.